The topological polar surface area (TPSA) is 74.0 Å². The van der Waals surface area contributed by atoms with Crippen LogP contribution in [-0.2, 0) is 16.0 Å². The zero-order valence-corrected chi connectivity index (χ0v) is 13.9. The predicted octanol–water partition coefficient (Wildman–Crippen LogP) is 2.52. The van der Waals surface area contributed by atoms with E-state index in [0.29, 0.717) is 31.8 Å². The van der Waals surface area contributed by atoms with Crippen LogP contribution in [0.1, 0.15) is 37.7 Å². The molecule has 5 heteroatoms. The molecule has 24 heavy (non-hydrogen) atoms. The van der Waals surface area contributed by atoms with Gasteiger partial charge in [0.05, 0.1) is 6.42 Å². The van der Waals surface area contributed by atoms with Crippen LogP contribution in [0.3, 0.4) is 0 Å². The largest absolute Gasteiger partial charge is 0.361 e. The summed E-state index contributed by atoms with van der Waals surface area (Å²) in [6.07, 6.45) is 7.71. The van der Waals surface area contributed by atoms with E-state index >= 15 is 0 Å². The molecule has 5 nitrogen and oxygen atoms in total. The first-order valence-corrected chi connectivity index (χ1v) is 8.81. The standard InChI is InChI=1S/C19H25N3O2/c23-18(11-14-5-1-2-6-14)20-9-10-21-19(24)12-15-13-22-17-8-4-3-7-16(15)17/h3-4,7-8,13-14,22H,1-2,5-6,9-12H2,(H,20,23)(H,21,24). The number of hydrogen-bond acceptors (Lipinski definition) is 2. The maximum Gasteiger partial charge on any atom is 0.224 e. The molecule has 0 radical (unpaired) electrons. The number of rotatable bonds is 7. The highest BCUT2D eigenvalue weighted by atomic mass is 16.2. The molecule has 0 aliphatic heterocycles. The minimum absolute atomic E-state index is 0.0233. The Labute approximate surface area is 142 Å². The molecule has 0 unspecified atom stereocenters. The van der Waals surface area contributed by atoms with E-state index in [4.69, 9.17) is 0 Å². The first-order valence-electron chi connectivity index (χ1n) is 8.81. The van der Waals surface area contributed by atoms with Gasteiger partial charge in [0.15, 0.2) is 0 Å². The van der Waals surface area contributed by atoms with Crippen molar-refractivity contribution in [3.05, 3.63) is 36.0 Å². The van der Waals surface area contributed by atoms with E-state index in [1.165, 1.54) is 25.7 Å². The van der Waals surface area contributed by atoms with Crippen LogP contribution in [0.4, 0.5) is 0 Å². The number of fused-ring (bicyclic) bond motifs is 1. The molecule has 0 atom stereocenters. The molecule has 1 aliphatic carbocycles. The van der Waals surface area contributed by atoms with Gasteiger partial charge in [-0.15, -0.1) is 0 Å². The van der Waals surface area contributed by atoms with Crippen LogP contribution in [-0.4, -0.2) is 29.9 Å². The van der Waals surface area contributed by atoms with E-state index < -0.39 is 0 Å². The number of hydrogen-bond donors (Lipinski definition) is 3. The summed E-state index contributed by atoms with van der Waals surface area (Å²) < 4.78 is 0. The van der Waals surface area contributed by atoms with E-state index in [-0.39, 0.29) is 11.8 Å². The van der Waals surface area contributed by atoms with Gasteiger partial charge in [0.1, 0.15) is 0 Å². The average molecular weight is 327 g/mol. The number of amides is 2. The van der Waals surface area contributed by atoms with Crippen molar-refractivity contribution in [2.24, 2.45) is 5.92 Å². The summed E-state index contributed by atoms with van der Waals surface area (Å²) in [5.74, 6) is 0.638. The van der Waals surface area contributed by atoms with E-state index in [2.05, 4.69) is 15.6 Å². The summed E-state index contributed by atoms with van der Waals surface area (Å²) in [6, 6.07) is 7.95. The van der Waals surface area contributed by atoms with Gasteiger partial charge in [-0.05, 0) is 30.4 Å². The highest BCUT2D eigenvalue weighted by Gasteiger charge is 2.18. The quantitative estimate of drug-likeness (QED) is 0.684. The van der Waals surface area contributed by atoms with E-state index in [9.17, 15) is 9.59 Å². The Morgan fingerprint density at radius 2 is 1.75 bits per heavy atom. The maximum atomic E-state index is 12.0. The zero-order valence-electron chi connectivity index (χ0n) is 13.9. The molecular formula is C19H25N3O2. The fraction of sp³-hybridized carbons (Fsp3) is 0.474. The number of aromatic amines is 1. The minimum atomic E-state index is -0.0233. The highest BCUT2D eigenvalue weighted by Crippen LogP contribution is 2.27. The molecule has 3 N–H and O–H groups in total. The smallest absolute Gasteiger partial charge is 0.224 e. The molecule has 1 heterocycles. The fourth-order valence-corrected chi connectivity index (χ4v) is 3.47. The Hall–Kier alpha value is -2.30. The Morgan fingerprint density at radius 3 is 2.54 bits per heavy atom. The lowest BCUT2D eigenvalue weighted by Crippen LogP contribution is -2.35. The summed E-state index contributed by atoms with van der Waals surface area (Å²) >= 11 is 0. The fourth-order valence-electron chi connectivity index (χ4n) is 3.47. The third-order valence-corrected chi connectivity index (χ3v) is 4.74. The Balaban J connectivity index is 1.36. The predicted molar refractivity (Wildman–Crippen MR) is 94.6 cm³/mol. The Morgan fingerprint density at radius 1 is 1.04 bits per heavy atom. The summed E-state index contributed by atoms with van der Waals surface area (Å²) in [5.41, 5.74) is 2.04. The number of H-pyrrole nitrogens is 1. The number of carbonyl (C=O) groups excluding carboxylic acids is 2. The molecule has 128 valence electrons. The van der Waals surface area contributed by atoms with E-state index in [1.54, 1.807) is 0 Å². The van der Waals surface area contributed by atoms with Gasteiger partial charge in [-0.2, -0.15) is 0 Å². The van der Waals surface area contributed by atoms with E-state index in [1.807, 2.05) is 30.5 Å². The average Bonchev–Trinajstić information content (AvgIpc) is 3.22. The van der Waals surface area contributed by atoms with Crippen molar-refractivity contribution < 1.29 is 9.59 Å². The molecule has 1 aliphatic rings. The Kier molecular flexibility index (Phi) is 5.51. The summed E-state index contributed by atoms with van der Waals surface area (Å²) in [4.78, 5) is 27.0. The molecule has 1 aromatic carbocycles. The van der Waals surface area contributed by atoms with Gasteiger partial charge >= 0.3 is 0 Å². The minimum Gasteiger partial charge on any atom is -0.361 e. The highest BCUT2D eigenvalue weighted by molar-refractivity contribution is 5.88. The molecule has 1 saturated carbocycles. The lowest BCUT2D eigenvalue weighted by molar-refractivity contribution is -0.123. The lowest BCUT2D eigenvalue weighted by atomic mass is 10.0. The third-order valence-electron chi connectivity index (χ3n) is 4.74. The molecule has 0 spiro atoms. The molecule has 0 saturated heterocycles. The second-order valence-corrected chi connectivity index (χ2v) is 6.59. The molecule has 1 aromatic heterocycles. The van der Waals surface area contributed by atoms with Crippen molar-refractivity contribution in [2.75, 3.05) is 13.1 Å². The molecule has 2 amide bonds. The van der Waals surface area contributed by atoms with Gasteiger partial charge in [0, 0.05) is 36.6 Å². The number of para-hydroxylation sites is 1. The maximum absolute atomic E-state index is 12.0. The first-order chi connectivity index (χ1) is 11.7. The van der Waals surface area contributed by atoms with Gasteiger partial charge in [-0.3, -0.25) is 9.59 Å². The summed E-state index contributed by atoms with van der Waals surface area (Å²) in [6.45, 7) is 0.961. The summed E-state index contributed by atoms with van der Waals surface area (Å²) in [7, 11) is 0. The second-order valence-electron chi connectivity index (χ2n) is 6.59. The molecule has 1 fully saturated rings. The molecule has 0 bridgehead atoms. The number of aromatic nitrogens is 1. The zero-order chi connectivity index (χ0) is 16.8. The first kappa shape index (κ1) is 16.6. The van der Waals surface area contributed by atoms with Crippen molar-refractivity contribution in [1.82, 2.24) is 15.6 Å². The molecular weight excluding hydrogens is 302 g/mol. The van der Waals surface area contributed by atoms with Gasteiger partial charge in [0.2, 0.25) is 11.8 Å². The SMILES string of the molecule is O=C(Cc1c[nH]c2ccccc12)NCCNC(=O)CC1CCCC1. The van der Waals surface area contributed by atoms with Crippen LogP contribution in [0, 0.1) is 5.92 Å². The van der Waals surface area contributed by atoms with Crippen LogP contribution in [0.5, 0.6) is 0 Å². The van der Waals surface area contributed by atoms with Crippen molar-refractivity contribution in [3.63, 3.8) is 0 Å². The van der Waals surface area contributed by atoms with Crippen LogP contribution in [0.25, 0.3) is 10.9 Å². The van der Waals surface area contributed by atoms with Crippen LogP contribution in [0.15, 0.2) is 30.5 Å². The van der Waals surface area contributed by atoms with Crippen LogP contribution >= 0.6 is 0 Å². The van der Waals surface area contributed by atoms with E-state index in [0.717, 1.165) is 16.5 Å². The van der Waals surface area contributed by atoms with Crippen molar-refractivity contribution in [1.29, 1.82) is 0 Å². The summed E-state index contributed by atoms with van der Waals surface area (Å²) in [5, 5.41) is 6.84. The monoisotopic (exact) mass is 327 g/mol. The molecule has 3 rings (SSSR count). The van der Waals surface area contributed by atoms with Crippen LogP contribution in [0.2, 0.25) is 0 Å². The second kappa shape index (κ2) is 7.99. The van der Waals surface area contributed by atoms with Crippen molar-refractivity contribution in [2.45, 2.75) is 38.5 Å². The Bertz CT molecular complexity index is 701. The van der Waals surface area contributed by atoms with Gasteiger partial charge < -0.3 is 15.6 Å². The molecule has 2 aromatic rings. The van der Waals surface area contributed by atoms with Crippen molar-refractivity contribution in [3.8, 4) is 0 Å². The number of carbonyl (C=O) groups is 2. The lowest BCUT2D eigenvalue weighted by Gasteiger charge is -2.10. The van der Waals surface area contributed by atoms with Gasteiger partial charge in [-0.1, -0.05) is 31.0 Å². The van der Waals surface area contributed by atoms with Crippen molar-refractivity contribution >= 4 is 22.7 Å². The van der Waals surface area contributed by atoms with Crippen LogP contribution < -0.4 is 10.6 Å². The number of nitrogens with one attached hydrogen (secondary N) is 3. The van der Waals surface area contributed by atoms with Gasteiger partial charge in [-0.25, -0.2) is 0 Å². The third kappa shape index (κ3) is 4.37. The van der Waals surface area contributed by atoms with Gasteiger partial charge in [0.25, 0.3) is 0 Å². The number of benzene rings is 1. The normalized spacial score (nSPS) is 14.8.